The number of carboxylic acids is 1. The van der Waals surface area contributed by atoms with Crippen LogP contribution in [0.15, 0.2) is 48.5 Å². The summed E-state index contributed by atoms with van der Waals surface area (Å²) in [7, 11) is 1.52. The standard InChI is InChI=1S/C21H22N2O5/c1-21(11-19(25)26,15-7-5-8-16(10-15)28-2)22-18(24)13-23-12-14-6-3-4-9-17(14)20(23)27/h3-10H,11-13H2,1-2H3,(H,22,24)(H,25,26). The number of methoxy groups -OCH3 is 1. The third kappa shape index (κ3) is 3.98. The molecule has 2 aromatic carbocycles. The number of hydrogen-bond acceptors (Lipinski definition) is 4. The van der Waals surface area contributed by atoms with E-state index in [2.05, 4.69) is 5.32 Å². The van der Waals surface area contributed by atoms with Gasteiger partial charge in [-0.05, 0) is 36.2 Å². The van der Waals surface area contributed by atoms with Gasteiger partial charge in [0.2, 0.25) is 5.91 Å². The number of fused-ring (bicyclic) bond motifs is 1. The molecule has 0 fully saturated rings. The predicted octanol–water partition coefficient (Wildman–Crippen LogP) is 2.16. The Kier molecular flexibility index (Phi) is 5.35. The molecule has 0 radical (unpaired) electrons. The maximum atomic E-state index is 12.7. The maximum absolute atomic E-state index is 12.7. The van der Waals surface area contributed by atoms with Crippen LogP contribution < -0.4 is 10.1 Å². The van der Waals surface area contributed by atoms with Crippen LogP contribution in [0.4, 0.5) is 0 Å². The Bertz CT molecular complexity index is 927. The van der Waals surface area contributed by atoms with Crippen LogP contribution in [-0.4, -0.2) is 41.4 Å². The van der Waals surface area contributed by atoms with Crippen LogP contribution >= 0.6 is 0 Å². The molecule has 2 N–H and O–H groups in total. The van der Waals surface area contributed by atoms with Crippen molar-refractivity contribution in [2.45, 2.75) is 25.4 Å². The maximum Gasteiger partial charge on any atom is 0.306 e. The van der Waals surface area contributed by atoms with E-state index >= 15 is 0 Å². The third-order valence-electron chi connectivity index (χ3n) is 4.86. The van der Waals surface area contributed by atoms with E-state index in [0.29, 0.717) is 23.4 Å². The van der Waals surface area contributed by atoms with Gasteiger partial charge in [0, 0.05) is 12.1 Å². The monoisotopic (exact) mass is 382 g/mol. The highest BCUT2D eigenvalue weighted by Crippen LogP contribution is 2.28. The summed E-state index contributed by atoms with van der Waals surface area (Å²) in [4.78, 5) is 38.0. The molecule has 1 heterocycles. The first-order chi connectivity index (χ1) is 13.3. The molecule has 1 unspecified atom stereocenters. The molecule has 0 saturated carbocycles. The number of nitrogens with one attached hydrogen (secondary N) is 1. The summed E-state index contributed by atoms with van der Waals surface area (Å²) in [6, 6.07) is 14.1. The zero-order valence-corrected chi connectivity index (χ0v) is 15.8. The molecule has 28 heavy (non-hydrogen) atoms. The summed E-state index contributed by atoms with van der Waals surface area (Å²) in [6.45, 7) is 1.86. The van der Waals surface area contributed by atoms with Crippen molar-refractivity contribution in [3.63, 3.8) is 0 Å². The van der Waals surface area contributed by atoms with Crippen LogP contribution in [0.2, 0.25) is 0 Å². The van der Waals surface area contributed by atoms with Gasteiger partial charge in [0.15, 0.2) is 0 Å². The Labute approximate surface area is 162 Å². The fraction of sp³-hybridized carbons (Fsp3) is 0.286. The molecular weight excluding hydrogens is 360 g/mol. The van der Waals surface area contributed by atoms with E-state index in [1.165, 1.54) is 12.0 Å². The van der Waals surface area contributed by atoms with Gasteiger partial charge in [-0.2, -0.15) is 0 Å². The molecule has 146 valence electrons. The minimum atomic E-state index is -1.15. The Hall–Kier alpha value is -3.35. The second-order valence-electron chi connectivity index (χ2n) is 7.00. The average molecular weight is 382 g/mol. The molecule has 1 aliphatic heterocycles. The topological polar surface area (TPSA) is 95.9 Å². The predicted molar refractivity (Wildman–Crippen MR) is 102 cm³/mol. The molecule has 0 saturated heterocycles. The lowest BCUT2D eigenvalue weighted by molar-refractivity contribution is -0.139. The highest BCUT2D eigenvalue weighted by Gasteiger charge is 2.34. The van der Waals surface area contributed by atoms with E-state index < -0.39 is 17.4 Å². The first-order valence-electron chi connectivity index (χ1n) is 8.87. The molecule has 1 atom stereocenters. The molecule has 0 spiro atoms. The largest absolute Gasteiger partial charge is 0.497 e. The molecular formula is C21H22N2O5. The van der Waals surface area contributed by atoms with Gasteiger partial charge in [0.05, 0.1) is 19.1 Å². The van der Waals surface area contributed by atoms with Crippen LogP contribution in [0.3, 0.4) is 0 Å². The highest BCUT2D eigenvalue weighted by molar-refractivity contribution is 6.00. The normalized spacial score (nSPS) is 14.9. The van der Waals surface area contributed by atoms with Crippen molar-refractivity contribution < 1.29 is 24.2 Å². The van der Waals surface area contributed by atoms with Gasteiger partial charge in [-0.1, -0.05) is 30.3 Å². The molecule has 0 aromatic heterocycles. The summed E-state index contributed by atoms with van der Waals surface area (Å²) >= 11 is 0. The van der Waals surface area contributed by atoms with E-state index in [4.69, 9.17) is 4.74 Å². The zero-order chi connectivity index (χ0) is 20.3. The first-order valence-corrected chi connectivity index (χ1v) is 8.87. The Morgan fingerprint density at radius 1 is 1.21 bits per heavy atom. The first kappa shape index (κ1) is 19.4. The molecule has 0 aliphatic carbocycles. The molecule has 7 heteroatoms. The lowest BCUT2D eigenvalue weighted by atomic mass is 9.88. The number of carboxylic acid groups (broad SMARTS) is 1. The third-order valence-corrected chi connectivity index (χ3v) is 4.86. The zero-order valence-electron chi connectivity index (χ0n) is 15.8. The minimum Gasteiger partial charge on any atom is -0.497 e. The summed E-state index contributed by atoms with van der Waals surface area (Å²) in [5.74, 6) is -1.11. The van der Waals surface area contributed by atoms with Crippen molar-refractivity contribution in [2.75, 3.05) is 13.7 Å². The van der Waals surface area contributed by atoms with E-state index in [-0.39, 0.29) is 18.9 Å². The number of nitrogens with zero attached hydrogens (tertiary/aromatic N) is 1. The average Bonchev–Trinajstić information content (AvgIpc) is 2.97. The Morgan fingerprint density at radius 3 is 2.64 bits per heavy atom. The van der Waals surface area contributed by atoms with Crippen molar-refractivity contribution >= 4 is 17.8 Å². The number of aliphatic carboxylic acids is 1. The van der Waals surface area contributed by atoms with Crippen molar-refractivity contribution in [3.05, 3.63) is 65.2 Å². The lowest BCUT2D eigenvalue weighted by Gasteiger charge is -2.31. The van der Waals surface area contributed by atoms with Crippen molar-refractivity contribution in [1.82, 2.24) is 10.2 Å². The molecule has 0 bridgehead atoms. The summed E-state index contributed by atoms with van der Waals surface area (Å²) in [5, 5.41) is 12.1. The van der Waals surface area contributed by atoms with Crippen LogP contribution in [0.1, 0.15) is 34.8 Å². The van der Waals surface area contributed by atoms with Crippen LogP contribution in [0.5, 0.6) is 5.75 Å². The quantitative estimate of drug-likeness (QED) is 0.765. The number of ether oxygens (including phenoxy) is 1. The van der Waals surface area contributed by atoms with Gasteiger partial charge >= 0.3 is 5.97 Å². The summed E-state index contributed by atoms with van der Waals surface area (Å²) in [6.07, 6.45) is -0.305. The second kappa shape index (κ2) is 7.72. The van der Waals surface area contributed by atoms with E-state index in [0.717, 1.165) is 5.56 Å². The van der Waals surface area contributed by atoms with Gasteiger partial charge in [0.25, 0.3) is 5.91 Å². The van der Waals surface area contributed by atoms with Gasteiger partial charge in [-0.3, -0.25) is 14.4 Å². The molecule has 1 aliphatic rings. The van der Waals surface area contributed by atoms with Gasteiger partial charge in [0.1, 0.15) is 12.3 Å². The fourth-order valence-electron chi connectivity index (χ4n) is 3.45. The number of carbonyl (C=O) groups is 3. The lowest BCUT2D eigenvalue weighted by Crippen LogP contribution is -2.48. The van der Waals surface area contributed by atoms with Crippen molar-refractivity contribution in [3.8, 4) is 5.75 Å². The number of amides is 2. The van der Waals surface area contributed by atoms with Crippen LogP contribution in [-0.2, 0) is 21.7 Å². The number of rotatable bonds is 7. The van der Waals surface area contributed by atoms with Crippen molar-refractivity contribution in [2.24, 2.45) is 0 Å². The van der Waals surface area contributed by atoms with Gasteiger partial charge in [-0.15, -0.1) is 0 Å². The van der Waals surface area contributed by atoms with Crippen LogP contribution in [0, 0.1) is 0 Å². The van der Waals surface area contributed by atoms with Crippen LogP contribution in [0.25, 0.3) is 0 Å². The summed E-state index contributed by atoms with van der Waals surface area (Å²) < 4.78 is 5.20. The van der Waals surface area contributed by atoms with Gasteiger partial charge < -0.3 is 20.1 Å². The fourth-order valence-corrected chi connectivity index (χ4v) is 3.45. The molecule has 2 amide bonds. The summed E-state index contributed by atoms with van der Waals surface area (Å²) in [5.41, 5.74) is 0.934. The van der Waals surface area contributed by atoms with E-state index in [9.17, 15) is 19.5 Å². The second-order valence-corrected chi connectivity index (χ2v) is 7.00. The molecule has 7 nitrogen and oxygen atoms in total. The Morgan fingerprint density at radius 2 is 1.96 bits per heavy atom. The van der Waals surface area contributed by atoms with Crippen molar-refractivity contribution in [1.29, 1.82) is 0 Å². The Balaban J connectivity index is 1.77. The van der Waals surface area contributed by atoms with Gasteiger partial charge in [-0.25, -0.2) is 0 Å². The molecule has 2 aromatic rings. The van der Waals surface area contributed by atoms with E-state index in [1.54, 1.807) is 43.3 Å². The molecule has 3 rings (SSSR count). The van der Waals surface area contributed by atoms with E-state index in [1.807, 2.05) is 12.1 Å². The number of benzene rings is 2. The SMILES string of the molecule is COc1cccc(C(C)(CC(=O)O)NC(=O)CN2Cc3ccccc3C2=O)c1. The number of hydrogen-bond donors (Lipinski definition) is 2. The highest BCUT2D eigenvalue weighted by atomic mass is 16.5. The number of carbonyl (C=O) groups excluding carboxylic acids is 2. The minimum absolute atomic E-state index is 0.146. The smallest absolute Gasteiger partial charge is 0.306 e.